The molecule has 3 aromatic carbocycles. The number of hydrogen-bond acceptors (Lipinski definition) is 5. The topological polar surface area (TPSA) is 84.2 Å². The molecule has 3 aromatic heterocycles. The van der Waals surface area contributed by atoms with Gasteiger partial charge in [0.25, 0.3) is 5.91 Å². The van der Waals surface area contributed by atoms with Crippen LogP contribution in [0.3, 0.4) is 0 Å². The molecular formula is C30H24N6O. The molecule has 0 unspecified atom stereocenters. The van der Waals surface area contributed by atoms with Crippen LogP contribution in [0.15, 0.2) is 116 Å². The first-order valence-corrected chi connectivity index (χ1v) is 12.1. The van der Waals surface area contributed by atoms with Crippen LogP contribution in [0, 0.1) is 0 Å². The number of rotatable bonds is 7. The first-order valence-electron chi connectivity index (χ1n) is 12.1. The lowest BCUT2D eigenvalue weighted by Gasteiger charge is -2.21. The fourth-order valence-corrected chi connectivity index (χ4v) is 4.36. The van der Waals surface area contributed by atoms with Gasteiger partial charge in [-0.3, -0.25) is 4.79 Å². The molecule has 0 fully saturated rings. The van der Waals surface area contributed by atoms with Crippen LogP contribution in [0.4, 0.5) is 5.82 Å². The number of aromatic nitrogens is 4. The SMILES string of the molecule is O=C(N[C@H](CNc1nc(-c2ccc3nccn3c2)nc2ccccc12)c1ccccc1)c1ccccc1. The smallest absolute Gasteiger partial charge is 0.251 e. The van der Waals surface area contributed by atoms with Crippen LogP contribution < -0.4 is 10.6 Å². The lowest BCUT2D eigenvalue weighted by atomic mass is 10.1. The van der Waals surface area contributed by atoms with E-state index in [1.807, 2.05) is 114 Å². The highest BCUT2D eigenvalue weighted by molar-refractivity contribution is 5.94. The summed E-state index contributed by atoms with van der Waals surface area (Å²) in [4.78, 5) is 27.0. The lowest BCUT2D eigenvalue weighted by Crippen LogP contribution is -2.33. The van der Waals surface area contributed by atoms with E-state index in [-0.39, 0.29) is 11.9 Å². The maximum atomic E-state index is 13.0. The van der Waals surface area contributed by atoms with E-state index in [9.17, 15) is 4.79 Å². The fourth-order valence-electron chi connectivity index (χ4n) is 4.36. The van der Waals surface area contributed by atoms with Gasteiger partial charge in [0.05, 0.1) is 11.6 Å². The molecule has 3 heterocycles. The number of para-hydroxylation sites is 1. The zero-order valence-corrected chi connectivity index (χ0v) is 20.0. The van der Waals surface area contributed by atoms with Crippen molar-refractivity contribution in [2.45, 2.75) is 6.04 Å². The Morgan fingerprint density at radius 2 is 1.59 bits per heavy atom. The van der Waals surface area contributed by atoms with Crippen molar-refractivity contribution in [1.82, 2.24) is 24.7 Å². The molecule has 0 radical (unpaired) electrons. The maximum absolute atomic E-state index is 13.0. The predicted molar refractivity (Wildman–Crippen MR) is 145 cm³/mol. The summed E-state index contributed by atoms with van der Waals surface area (Å²) in [5, 5.41) is 7.59. The number of carbonyl (C=O) groups is 1. The van der Waals surface area contributed by atoms with Crippen molar-refractivity contribution in [2.24, 2.45) is 0 Å². The highest BCUT2D eigenvalue weighted by Gasteiger charge is 2.17. The highest BCUT2D eigenvalue weighted by atomic mass is 16.1. The number of anilines is 1. The molecule has 180 valence electrons. The molecule has 0 aliphatic rings. The van der Waals surface area contributed by atoms with Crippen molar-refractivity contribution >= 4 is 28.3 Å². The van der Waals surface area contributed by atoms with Gasteiger partial charge in [0.2, 0.25) is 0 Å². The summed E-state index contributed by atoms with van der Waals surface area (Å²) in [6, 6.07) is 30.8. The Balaban J connectivity index is 1.33. The summed E-state index contributed by atoms with van der Waals surface area (Å²) in [6.45, 7) is 0.448. The summed E-state index contributed by atoms with van der Waals surface area (Å²) in [5.41, 5.74) is 4.21. The first-order chi connectivity index (χ1) is 18.2. The number of carbonyl (C=O) groups excluding carboxylic acids is 1. The van der Waals surface area contributed by atoms with Gasteiger partial charge in [-0.05, 0) is 42.0 Å². The molecule has 7 nitrogen and oxygen atoms in total. The Bertz CT molecular complexity index is 1680. The third-order valence-corrected chi connectivity index (χ3v) is 6.27. The average Bonchev–Trinajstić information content (AvgIpc) is 3.44. The minimum Gasteiger partial charge on any atom is -0.367 e. The molecule has 1 atom stereocenters. The van der Waals surface area contributed by atoms with E-state index in [4.69, 9.17) is 9.97 Å². The van der Waals surface area contributed by atoms with Gasteiger partial charge in [-0.1, -0.05) is 60.7 Å². The minimum absolute atomic E-state index is 0.127. The highest BCUT2D eigenvalue weighted by Crippen LogP contribution is 2.26. The van der Waals surface area contributed by atoms with Gasteiger partial charge in [-0.25, -0.2) is 15.0 Å². The molecule has 0 saturated heterocycles. The number of amides is 1. The zero-order valence-electron chi connectivity index (χ0n) is 20.0. The molecule has 1 amide bonds. The molecular weight excluding hydrogens is 460 g/mol. The monoisotopic (exact) mass is 484 g/mol. The predicted octanol–water partition coefficient (Wildman–Crippen LogP) is 5.53. The van der Waals surface area contributed by atoms with Crippen molar-refractivity contribution in [3.63, 3.8) is 0 Å². The molecule has 0 aliphatic heterocycles. The van der Waals surface area contributed by atoms with Crippen LogP contribution >= 0.6 is 0 Å². The van der Waals surface area contributed by atoms with Crippen molar-refractivity contribution in [2.75, 3.05) is 11.9 Å². The molecule has 0 aliphatic carbocycles. The summed E-state index contributed by atoms with van der Waals surface area (Å²) in [6.07, 6.45) is 5.64. The fraction of sp³-hybridized carbons (Fsp3) is 0.0667. The van der Waals surface area contributed by atoms with Crippen LogP contribution in [0.2, 0.25) is 0 Å². The Morgan fingerprint density at radius 3 is 2.43 bits per heavy atom. The number of nitrogens with one attached hydrogen (secondary N) is 2. The molecule has 0 saturated carbocycles. The van der Waals surface area contributed by atoms with Crippen molar-refractivity contribution in [3.8, 4) is 11.4 Å². The molecule has 0 bridgehead atoms. The number of hydrogen-bond donors (Lipinski definition) is 2. The van der Waals surface area contributed by atoms with Gasteiger partial charge in [-0.15, -0.1) is 0 Å². The van der Waals surface area contributed by atoms with Crippen LogP contribution in [-0.2, 0) is 0 Å². The van der Waals surface area contributed by atoms with E-state index in [0.717, 1.165) is 27.7 Å². The van der Waals surface area contributed by atoms with Crippen molar-refractivity contribution in [1.29, 1.82) is 0 Å². The van der Waals surface area contributed by atoms with Gasteiger partial charge in [0, 0.05) is 41.6 Å². The number of imidazole rings is 1. The summed E-state index contributed by atoms with van der Waals surface area (Å²) in [7, 11) is 0. The molecule has 2 N–H and O–H groups in total. The Kier molecular flexibility index (Phi) is 6.01. The Hall–Kier alpha value is -5.04. The van der Waals surface area contributed by atoms with Gasteiger partial charge in [-0.2, -0.15) is 0 Å². The second kappa shape index (κ2) is 9.91. The Morgan fingerprint density at radius 1 is 0.838 bits per heavy atom. The van der Waals surface area contributed by atoms with Crippen LogP contribution in [-0.4, -0.2) is 31.8 Å². The lowest BCUT2D eigenvalue weighted by molar-refractivity contribution is 0.0938. The van der Waals surface area contributed by atoms with Crippen LogP contribution in [0.25, 0.3) is 27.9 Å². The quantitative estimate of drug-likeness (QED) is 0.311. The van der Waals surface area contributed by atoms with Crippen LogP contribution in [0.1, 0.15) is 22.0 Å². The zero-order chi connectivity index (χ0) is 25.0. The third kappa shape index (κ3) is 4.75. The number of pyridine rings is 1. The molecule has 37 heavy (non-hydrogen) atoms. The van der Waals surface area contributed by atoms with E-state index in [0.29, 0.717) is 23.8 Å². The third-order valence-electron chi connectivity index (χ3n) is 6.27. The molecule has 6 rings (SSSR count). The standard InChI is InChI=1S/C30H24N6O/c37-30(22-11-5-2-6-12-22)34-26(21-9-3-1-4-10-21)19-32-29-24-13-7-8-14-25(24)33-28(35-29)23-15-16-27-31-17-18-36(27)20-23/h1-18,20,26H,19H2,(H,34,37)(H,32,33,35)/t26-/m1/s1. The normalized spacial score (nSPS) is 11.9. The second-order valence-electron chi connectivity index (χ2n) is 8.71. The van der Waals surface area contributed by atoms with E-state index in [2.05, 4.69) is 15.6 Å². The first kappa shape index (κ1) is 22.4. The van der Waals surface area contributed by atoms with E-state index in [1.165, 1.54) is 0 Å². The number of benzene rings is 3. The molecule has 7 heteroatoms. The van der Waals surface area contributed by atoms with Gasteiger partial charge >= 0.3 is 0 Å². The average molecular weight is 485 g/mol. The van der Waals surface area contributed by atoms with E-state index in [1.54, 1.807) is 6.20 Å². The minimum atomic E-state index is -0.270. The molecule has 6 aromatic rings. The number of fused-ring (bicyclic) bond motifs is 2. The van der Waals surface area contributed by atoms with Crippen LogP contribution in [0.5, 0.6) is 0 Å². The number of nitrogens with zero attached hydrogens (tertiary/aromatic N) is 4. The van der Waals surface area contributed by atoms with Crippen molar-refractivity contribution in [3.05, 3.63) is 127 Å². The maximum Gasteiger partial charge on any atom is 0.251 e. The van der Waals surface area contributed by atoms with Crippen molar-refractivity contribution < 1.29 is 4.79 Å². The van der Waals surface area contributed by atoms with E-state index < -0.39 is 0 Å². The second-order valence-corrected chi connectivity index (χ2v) is 8.71. The van der Waals surface area contributed by atoms with Gasteiger partial charge < -0.3 is 15.0 Å². The molecule has 0 spiro atoms. The van der Waals surface area contributed by atoms with Gasteiger partial charge in [0.15, 0.2) is 5.82 Å². The summed E-state index contributed by atoms with van der Waals surface area (Å²) >= 11 is 0. The van der Waals surface area contributed by atoms with Gasteiger partial charge in [0.1, 0.15) is 11.5 Å². The van der Waals surface area contributed by atoms with E-state index >= 15 is 0 Å². The summed E-state index contributed by atoms with van der Waals surface area (Å²) in [5.74, 6) is 1.20. The largest absolute Gasteiger partial charge is 0.367 e. The Labute approximate surface area is 213 Å². The summed E-state index contributed by atoms with van der Waals surface area (Å²) < 4.78 is 1.95.